The van der Waals surface area contributed by atoms with Crippen LogP contribution in [0.4, 0.5) is 0 Å². The maximum Gasteiger partial charge on any atom is 0.155 e. The first kappa shape index (κ1) is 14.4. The zero-order chi connectivity index (χ0) is 13.7. The summed E-state index contributed by atoms with van der Waals surface area (Å²) in [5.41, 5.74) is 1.96. The van der Waals surface area contributed by atoms with Crippen LogP contribution in [0.5, 0.6) is 0 Å². The van der Waals surface area contributed by atoms with Gasteiger partial charge in [0.2, 0.25) is 0 Å². The van der Waals surface area contributed by atoms with E-state index in [2.05, 4.69) is 38.1 Å². The Morgan fingerprint density at radius 2 is 2.26 bits per heavy atom. The lowest BCUT2D eigenvalue weighted by Crippen LogP contribution is -2.23. The largest absolute Gasteiger partial charge is 0.396 e. The predicted octanol–water partition coefficient (Wildman–Crippen LogP) is 1.99. The summed E-state index contributed by atoms with van der Waals surface area (Å²) >= 11 is 3.37. The summed E-state index contributed by atoms with van der Waals surface area (Å²) in [4.78, 5) is 8.47. The zero-order valence-corrected chi connectivity index (χ0v) is 12.6. The van der Waals surface area contributed by atoms with E-state index in [1.807, 2.05) is 16.8 Å². The molecule has 0 aliphatic carbocycles. The van der Waals surface area contributed by atoms with Crippen molar-refractivity contribution in [3.63, 3.8) is 0 Å². The third-order valence-corrected chi connectivity index (χ3v) is 3.70. The average molecular weight is 327 g/mol. The van der Waals surface area contributed by atoms with Crippen molar-refractivity contribution in [3.05, 3.63) is 28.9 Å². The van der Waals surface area contributed by atoms with Crippen LogP contribution in [-0.4, -0.2) is 32.6 Å². The van der Waals surface area contributed by atoms with Crippen LogP contribution in [0.15, 0.2) is 23.2 Å². The summed E-state index contributed by atoms with van der Waals surface area (Å²) in [6, 6.07) is 0. The van der Waals surface area contributed by atoms with Crippen molar-refractivity contribution < 1.29 is 5.11 Å². The molecule has 2 N–H and O–H groups in total. The van der Waals surface area contributed by atoms with Crippen molar-refractivity contribution in [2.75, 3.05) is 13.2 Å². The van der Waals surface area contributed by atoms with Gasteiger partial charge in [-0.3, -0.25) is 4.40 Å². The highest BCUT2D eigenvalue weighted by molar-refractivity contribution is 9.10. The van der Waals surface area contributed by atoms with Gasteiger partial charge in [-0.25, -0.2) is 9.97 Å². The topological polar surface area (TPSA) is 62.5 Å². The molecule has 2 rings (SSSR count). The Balaban J connectivity index is 1.96. The number of nitrogens with one attached hydrogen (secondary N) is 1. The van der Waals surface area contributed by atoms with Gasteiger partial charge in [0.25, 0.3) is 0 Å². The monoisotopic (exact) mass is 326 g/mol. The maximum atomic E-state index is 8.97. The first-order valence-corrected chi connectivity index (χ1v) is 7.33. The van der Waals surface area contributed by atoms with Crippen LogP contribution < -0.4 is 5.32 Å². The Labute approximate surface area is 121 Å². The number of imidazole rings is 1. The van der Waals surface area contributed by atoms with E-state index >= 15 is 0 Å². The highest BCUT2D eigenvalue weighted by Gasteiger charge is 2.07. The summed E-state index contributed by atoms with van der Waals surface area (Å²) in [5.74, 6) is 0.526. The second-order valence-corrected chi connectivity index (χ2v) is 5.42. The van der Waals surface area contributed by atoms with Gasteiger partial charge in [0.15, 0.2) is 5.65 Å². The van der Waals surface area contributed by atoms with E-state index in [9.17, 15) is 0 Å². The number of fused-ring (bicyclic) bond motifs is 1. The van der Waals surface area contributed by atoms with Gasteiger partial charge in [0.05, 0.1) is 18.1 Å². The molecule has 0 aromatic carbocycles. The van der Waals surface area contributed by atoms with Gasteiger partial charge in [0, 0.05) is 19.3 Å². The molecule has 19 heavy (non-hydrogen) atoms. The van der Waals surface area contributed by atoms with E-state index < -0.39 is 0 Å². The summed E-state index contributed by atoms with van der Waals surface area (Å²) in [6.07, 6.45) is 7.46. The molecule has 0 bridgehead atoms. The van der Waals surface area contributed by atoms with E-state index in [1.54, 1.807) is 6.20 Å². The average Bonchev–Trinajstić information content (AvgIpc) is 2.80. The molecule has 104 valence electrons. The standard InChI is InChI=1S/C13H19BrN4O/c1-2-10(3-4-19)5-15-6-11-7-17-13-8-16-12(14)9-18(11)13/h7-10,15,19H,2-6H2,1H3. The van der Waals surface area contributed by atoms with Crippen molar-refractivity contribution in [1.29, 1.82) is 0 Å². The van der Waals surface area contributed by atoms with E-state index in [0.29, 0.717) is 5.92 Å². The highest BCUT2D eigenvalue weighted by atomic mass is 79.9. The van der Waals surface area contributed by atoms with Crippen LogP contribution in [0.3, 0.4) is 0 Å². The van der Waals surface area contributed by atoms with Crippen molar-refractivity contribution >= 4 is 21.6 Å². The third kappa shape index (κ3) is 3.75. The van der Waals surface area contributed by atoms with Crippen LogP contribution >= 0.6 is 15.9 Å². The zero-order valence-electron chi connectivity index (χ0n) is 11.0. The molecular formula is C13H19BrN4O. The minimum absolute atomic E-state index is 0.258. The van der Waals surface area contributed by atoms with Crippen molar-refractivity contribution in [2.45, 2.75) is 26.3 Å². The number of hydrogen-bond acceptors (Lipinski definition) is 4. The van der Waals surface area contributed by atoms with E-state index in [1.165, 1.54) is 0 Å². The summed E-state index contributed by atoms with van der Waals surface area (Å²) in [6.45, 7) is 4.09. The number of halogens is 1. The first-order chi connectivity index (χ1) is 9.24. The quantitative estimate of drug-likeness (QED) is 0.816. The molecule has 5 nitrogen and oxygen atoms in total. The van der Waals surface area contributed by atoms with Crippen molar-refractivity contribution in [1.82, 2.24) is 19.7 Å². The molecular weight excluding hydrogens is 308 g/mol. The van der Waals surface area contributed by atoms with Gasteiger partial charge in [-0.1, -0.05) is 13.3 Å². The molecule has 0 amide bonds. The van der Waals surface area contributed by atoms with Crippen molar-refractivity contribution in [3.8, 4) is 0 Å². The fraction of sp³-hybridized carbons (Fsp3) is 0.538. The lowest BCUT2D eigenvalue weighted by Gasteiger charge is -2.14. The Kier molecular flexibility index (Phi) is 5.30. The second-order valence-electron chi connectivity index (χ2n) is 4.61. The van der Waals surface area contributed by atoms with Gasteiger partial charge < -0.3 is 10.4 Å². The molecule has 0 fully saturated rings. The number of aromatic nitrogens is 3. The Morgan fingerprint density at radius 1 is 1.42 bits per heavy atom. The molecule has 0 saturated heterocycles. The normalized spacial score (nSPS) is 13.0. The molecule has 0 saturated carbocycles. The van der Waals surface area contributed by atoms with Crippen LogP contribution in [0.25, 0.3) is 5.65 Å². The number of hydrogen-bond donors (Lipinski definition) is 2. The van der Waals surface area contributed by atoms with Crippen LogP contribution in [-0.2, 0) is 6.54 Å². The smallest absolute Gasteiger partial charge is 0.155 e. The van der Waals surface area contributed by atoms with E-state index in [0.717, 1.165) is 41.9 Å². The maximum absolute atomic E-state index is 8.97. The fourth-order valence-corrected chi connectivity index (χ4v) is 2.39. The number of aliphatic hydroxyl groups excluding tert-OH is 1. The molecule has 1 unspecified atom stereocenters. The lowest BCUT2D eigenvalue weighted by atomic mass is 10.0. The van der Waals surface area contributed by atoms with Crippen LogP contribution in [0.1, 0.15) is 25.5 Å². The van der Waals surface area contributed by atoms with Gasteiger partial charge in [0.1, 0.15) is 4.60 Å². The van der Waals surface area contributed by atoms with Gasteiger partial charge in [-0.2, -0.15) is 0 Å². The van der Waals surface area contributed by atoms with Crippen LogP contribution in [0, 0.1) is 5.92 Å². The fourth-order valence-electron chi connectivity index (χ4n) is 2.08. The Bertz CT molecular complexity index is 528. The number of rotatable bonds is 7. The third-order valence-electron chi connectivity index (χ3n) is 3.29. The lowest BCUT2D eigenvalue weighted by molar-refractivity contribution is 0.251. The van der Waals surface area contributed by atoms with Gasteiger partial charge in [-0.15, -0.1) is 0 Å². The Morgan fingerprint density at radius 3 is 3.00 bits per heavy atom. The number of aliphatic hydroxyl groups is 1. The predicted molar refractivity (Wildman–Crippen MR) is 77.9 cm³/mol. The molecule has 2 heterocycles. The first-order valence-electron chi connectivity index (χ1n) is 6.53. The van der Waals surface area contributed by atoms with Gasteiger partial charge >= 0.3 is 0 Å². The van der Waals surface area contributed by atoms with E-state index in [-0.39, 0.29) is 6.61 Å². The molecule has 0 radical (unpaired) electrons. The second kappa shape index (κ2) is 6.98. The molecule has 0 spiro atoms. The molecule has 2 aromatic rings. The number of nitrogens with zero attached hydrogens (tertiary/aromatic N) is 3. The molecule has 1 atom stereocenters. The van der Waals surface area contributed by atoms with Crippen LogP contribution in [0.2, 0.25) is 0 Å². The molecule has 0 aliphatic rings. The van der Waals surface area contributed by atoms with E-state index in [4.69, 9.17) is 5.11 Å². The minimum atomic E-state index is 0.258. The highest BCUT2D eigenvalue weighted by Crippen LogP contribution is 2.11. The minimum Gasteiger partial charge on any atom is -0.396 e. The van der Waals surface area contributed by atoms with Crippen molar-refractivity contribution in [2.24, 2.45) is 5.92 Å². The summed E-state index contributed by atoms with van der Waals surface area (Å²) < 4.78 is 2.82. The molecule has 2 aromatic heterocycles. The Hall–Kier alpha value is -0.980. The van der Waals surface area contributed by atoms with Gasteiger partial charge in [-0.05, 0) is 34.8 Å². The summed E-state index contributed by atoms with van der Waals surface area (Å²) in [7, 11) is 0. The summed E-state index contributed by atoms with van der Waals surface area (Å²) in [5, 5.41) is 12.4. The SMILES string of the molecule is CCC(CCO)CNCc1cnc2cnc(Br)cn12. The molecule has 6 heteroatoms. The molecule has 0 aliphatic heterocycles.